The normalized spacial score (nSPS) is 18.6. The van der Waals surface area contributed by atoms with Crippen molar-refractivity contribution in [3.8, 4) is 11.1 Å². The van der Waals surface area contributed by atoms with Gasteiger partial charge in [-0.15, -0.1) is 0 Å². The summed E-state index contributed by atoms with van der Waals surface area (Å²) in [5.41, 5.74) is 27.9. The summed E-state index contributed by atoms with van der Waals surface area (Å²) in [5.74, 6) is 0.343. The van der Waals surface area contributed by atoms with Crippen LogP contribution in [0.25, 0.3) is 11.1 Å². The van der Waals surface area contributed by atoms with Crippen LogP contribution in [0.4, 0.5) is 34.1 Å². The lowest BCUT2D eigenvalue weighted by atomic mass is 9.33. The molecular weight excluding hydrogens is 904 g/mol. The third-order valence-corrected chi connectivity index (χ3v) is 19.4. The van der Waals surface area contributed by atoms with Crippen LogP contribution in [0, 0.1) is 0 Å². The molecule has 0 atom stereocenters. The van der Waals surface area contributed by atoms with Crippen molar-refractivity contribution >= 4 is 57.2 Å². The van der Waals surface area contributed by atoms with E-state index in [0.29, 0.717) is 5.92 Å². The Morgan fingerprint density at radius 3 is 1.57 bits per heavy atom. The Kier molecular flexibility index (Phi) is 10.4. The lowest BCUT2D eigenvalue weighted by Gasteiger charge is -2.49. The smallest absolute Gasteiger partial charge is 0.252 e. The fourth-order valence-electron chi connectivity index (χ4n) is 14.8. The summed E-state index contributed by atoms with van der Waals surface area (Å²) in [5, 5.41) is 0. The monoisotopic (exact) mass is 979 g/mol. The molecule has 0 radical (unpaired) electrons. The molecule has 5 aliphatic rings. The Hall–Kier alpha value is -6.58. The van der Waals surface area contributed by atoms with Gasteiger partial charge in [-0.25, -0.2) is 0 Å². The highest BCUT2D eigenvalue weighted by atomic mass is 15.2. The van der Waals surface area contributed by atoms with Crippen molar-refractivity contribution < 1.29 is 0 Å². The molecule has 0 saturated heterocycles. The first-order valence-electron chi connectivity index (χ1n) is 28.2. The van der Waals surface area contributed by atoms with E-state index >= 15 is 0 Å². The predicted octanol–water partition coefficient (Wildman–Crippen LogP) is 17.3. The summed E-state index contributed by atoms with van der Waals surface area (Å²) in [7, 11) is 0. The number of anilines is 6. The zero-order valence-corrected chi connectivity index (χ0v) is 47.0. The van der Waals surface area contributed by atoms with Crippen LogP contribution in [0.1, 0.15) is 177 Å². The van der Waals surface area contributed by atoms with E-state index in [1.807, 2.05) is 0 Å². The highest BCUT2D eigenvalue weighted by molar-refractivity contribution is 7.00. The van der Waals surface area contributed by atoms with Crippen LogP contribution < -0.4 is 26.2 Å². The quantitative estimate of drug-likeness (QED) is 0.159. The molecule has 2 nitrogen and oxygen atoms in total. The van der Waals surface area contributed by atoms with E-state index in [9.17, 15) is 0 Å². The van der Waals surface area contributed by atoms with Crippen molar-refractivity contribution in [2.24, 2.45) is 0 Å². The molecule has 13 rings (SSSR count). The summed E-state index contributed by atoms with van der Waals surface area (Å²) in [6.07, 6.45) is 4.70. The Morgan fingerprint density at radius 2 is 0.960 bits per heavy atom. The molecule has 2 heterocycles. The Labute approximate surface area is 449 Å². The zero-order valence-electron chi connectivity index (χ0n) is 47.0. The Balaban J connectivity index is 1.19. The van der Waals surface area contributed by atoms with Crippen LogP contribution in [0.5, 0.6) is 0 Å². The molecule has 0 spiro atoms. The minimum atomic E-state index is -0.598. The molecule has 0 aromatic heterocycles. The van der Waals surface area contributed by atoms with Gasteiger partial charge in [-0.05, 0) is 179 Å². The third-order valence-electron chi connectivity index (χ3n) is 19.4. The number of hydrogen-bond donors (Lipinski definition) is 0. The van der Waals surface area contributed by atoms with Crippen molar-refractivity contribution in [1.82, 2.24) is 0 Å². The highest BCUT2D eigenvalue weighted by Crippen LogP contribution is 2.61. The van der Waals surface area contributed by atoms with Crippen molar-refractivity contribution in [2.75, 3.05) is 9.80 Å². The van der Waals surface area contributed by atoms with Gasteiger partial charge in [0.15, 0.2) is 0 Å². The van der Waals surface area contributed by atoms with Gasteiger partial charge in [0, 0.05) is 34.0 Å². The number of nitrogens with zero attached hydrogens (tertiary/aromatic N) is 2. The number of rotatable bonds is 5. The highest BCUT2D eigenvalue weighted by Gasteiger charge is 2.52. The van der Waals surface area contributed by atoms with Gasteiger partial charge in [-0.1, -0.05) is 211 Å². The van der Waals surface area contributed by atoms with Crippen LogP contribution in [0.2, 0.25) is 0 Å². The molecule has 8 aromatic carbocycles. The molecular formula is C72H75BN2. The largest absolute Gasteiger partial charge is 0.311 e. The fraction of sp³-hybridized carbons (Fsp3) is 0.333. The summed E-state index contributed by atoms with van der Waals surface area (Å²) < 4.78 is 0. The van der Waals surface area contributed by atoms with E-state index < -0.39 is 5.41 Å². The third kappa shape index (κ3) is 6.91. The van der Waals surface area contributed by atoms with Gasteiger partial charge in [-0.3, -0.25) is 0 Å². The molecule has 3 heteroatoms. The lowest BCUT2D eigenvalue weighted by molar-refractivity contribution is 0.332. The maximum absolute atomic E-state index is 2.75. The molecule has 0 unspecified atom stereocenters. The van der Waals surface area contributed by atoms with Gasteiger partial charge >= 0.3 is 0 Å². The van der Waals surface area contributed by atoms with Gasteiger partial charge < -0.3 is 9.80 Å². The molecule has 0 saturated carbocycles. The van der Waals surface area contributed by atoms with Crippen LogP contribution in [0.15, 0.2) is 164 Å². The second-order valence-corrected chi connectivity index (χ2v) is 27.2. The van der Waals surface area contributed by atoms with Crippen LogP contribution in [0.3, 0.4) is 0 Å². The molecule has 0 N–H and O–H groups in total. The second kappa shape index (κ2) is 16.2. The predicted molar refractivity (Wildman–Crippen MR) is 321 cm³/mol. The van der Waals surface area contributed by atoms with Crippen LogP contribution >= 0.6 is 0 Å². The summed E-state index contributed by atoms with van der Waals surface area (Å²) in [6, 6.07) is 64.9. The van der Waals surface area contributed by atoms with E-state index in [1.165, 1.54) is 143 Å². The molecule has 8 aromatic rings. The first kappa shape index (κ1) is 48.1. The van der Waals surface area contributed by atoms with Crippen molar-refractivity contribution in [3.05, 3.63) is 219 Å². The number of hydrogen-bond acceptors (Lipinski definition) is 2. The van der Waals surface area contributed by atoms with E-state index in [0.717, 1.165) is 0 Å². The van der Waals surface area contributed by atoms with Gasteiger partial charge in [0.25, 0.3) is 6.71 Å². The molecule has 0 amide bonds. The first-order valence-corrected chi connectivity index (χ1v) is 28.2. The van der Waals surface area contributed by atoms with E-state index in [4.69, 9.17) is 0 Å². The summed E-state index contributed by atoms with van der Waals surface area (Å²) in [6.45, 7) is 31.8. The van der Waals surface area contributed by atoms with Gasteiger partial charge in [0.1, 0.15) is 0 Å². The van der Waals surface area contributed by atoms with Crippen LogP contribution in [-0.4, -0.2) is 6.71 Å². The van der Waals surface area contributed by atoms with Crippen LogP contribution in [-0.2, 0) is 32.5 Å². The maximum Gasteiger partial charge on any atom is 0.252 e. The molecule has 75 heavy (non-hydrogen) atoms. The van der Waals surface area contributed by atoms with Gasteiger partial charge in [0.05, 0.1) is 11.1 Å². The Morgan fingerprint density at radius 1 is 0.427 bits per heavy atom. The van der Waals surface area contributed by atoms with Gasteiger partial charge in [0.2, 0.25) is 0 Å². The average Bonchev–Trinajstić information content (AvgIpc) is 3.92. The maximum atomic E-state index is 2.75. The lowest BCUT2D eigenvalue weighted by Crippen LogP contribution is -2.62. The van der Waals surface area contributed by atoms with E-state index in [-0.39, 0.29) is 33.8 Å². The summed E-state index contributed by atoms with van der Waals surface area (Å²) >= 11 is 0. The zero-order chi connectivity index (χ0) is 52.4. The molecule has 0 bridgehead atoms. The molecule has 2 aliphatic heterocycles. The van der Waals surface area contributed by atoms with E-state index in [1.54, 1.807) is 0 Å². The van der Waals surface area contributed by atoms with Gasteiger partial charge in [-0.2, -0.15) is 0 Å². The standard InChI is InChI=1S/C72H75BN2/c1-45(2)46-31-34-58-61(39-46)75(60-30-22-28-52-51-27-20-21-29-53(51)72(65(52)60,47-23-16-14-17-24-47)48-25-18-15-19-26-48)64-41-49(67(3,4)5)40-63-66(64)73(58)59-43-56-57(71(12,13)38-37-70(56,10)11)44-62(59)74(63)50-32-33-54-55(42-50)69(8,9)36-35-68(54,6)7/h14-34,39-45H,35-38H2,1-13H3. The number of benzene rings is 8. The van der Waals surface area contributed by atoms with Crippen molar-refractivity contribution in [3.63, 3.8) is 0 Å². The topological polar surface area (TPSA) is 6.48 Å². The fourth-order valence-corrected chi connectivity index (χ4v) is 14.8. The molecule has 376 valence electrons. The molecule has 0 fully saturated rings. The SMILES string of the molecule is CC(C)c1ccc2c(c1)N(c1cccc3c1C(c1ccccc1)(c1ccccc1)c1ccccc1-3)c1cc(C(C)(C)C)cc3c1B2c1cc2c(cc1N3c1ccc3c(c1)C(C)(C)CCC3(C)C)C(C)(C)CCC2(C)C. The second-order valence-electron chi connectivity index (χ2n) is 27.2. The molecule has 3 aliphatic carbocycles. The number of fused-ring (bicyclic) bond motifs is 9. The minimum absolute atomic E-state index is 0.00355. The Bertz CT molecular complexity index is 3600. The summed E-state index contributed by atoms with van der Waals surface area (Å²) in [4.78, 5) is 5.50. The van der Waals surface area contributed by atoms with Crippen molar-refractivity contribution in [2.45, 2.75) is 154 Å². The first-order chi connectivity index (χ1) is 35.6. The van der Waals surface area contributed by atoms with E-state index in [2.05, 4.69) is 264 Å². The minimum Gasteiger partial charge on any atom is -0.311 e. The van der Waals surface area contributed by atoms with Crippen molar-refractivity contribution in [1.29, 1.82) is 0 Å². The average molecular weight is 979 g/mol.